The number of carbonyl (C=O) groups is 2. The molecule has 1 aromatic carbocycles. The van der Waals surface area contributed by atoms with Crippen molar-refractivity contribution in [3.05, 3.63) is 41.6 Å². The van der Waals surface area contributed by atoms with Crippen LogP contribution in [0.5, 0.6) is 0 Å². The number of hydrogen-bond donors (Lipinski definition) is 1. The number of aromatic nitrogens is 2. The number of amides is 2. The van der Waals surface area contributed by atoms with Crippen LogP contribution in [-0.2, 0) is 15.0 Å². The van der Waals surface area contributed by atoms with E-state index in [1.165, 1.54) is 0 Å². The third-order valence-corrected chi connectivity index (χ3v) is 4.91. The summed E-state index contributed by atoms with van der Waals surface area (Å²) in [6.45, 7) is 14.7. The van der Waals surface area contributed by atoms with E-state index in [4.69, 9.17) is 5.10 Å². The molecule has 0 aliphatic heterocycles. The van der Waals surface area contributed by atoms with Gasteiger partial charge in [-0.3, -0.25) is 9.59 Å². The van der Waals surface area contributed by atoms with Gasteiger partial charge in [0.2, 0.25) is 11.8 Å². The number of benzene rings is 1. The van der Waals surface area contributed by atoms with Gasteiger partial charge in [0.25, 0.3) is 0 Å². The molecule has 0 radical (unpaired) electrons. The summed E-state index contributed by atoms with van der Waals surface area (Å²) in [5.74, 6) is 0.262. The minimum absolute atomic E-state index is 0.00109. The molecule has 1 N–H and O–H groups in total. The highest BCUT2D eigenvalue weighted by Gasteiger charge is 2.23. The molecule has 2 aromatic rings. The maximum atomic E-state index is 12.9. The summed E-state index contributed by atoms with van der Waals surface area (Å²) in [4.78, 5) is 27.1. The number of nitrogens with zero attached hydrogens (tertiary/aromatic N) is 3. The van der Waals surface area contributed by atoms with Crippen LogP contribution in [0.2, 0.25) is 0 Å². The van der Waals surface area contributed by atoms with E-state index in [1.807, 2.05) is 51.1 Å². The van der Waals surface area contributed by atoms with E-state index < -0.39 is 0 Å². The maximum absolute atomic E-state index is 12.9. The first-order chi connectivity index (χ1) is 14.0. The number of rotatable bonds is 8. The molecule has 1 aromatic heterocycles. The molecule has 2 rings (SSSR count). The lowest BCUT2D eigenvalue weighted by atomic mass is 9.92. The van der Waals surface area contributed by atoms with Crippen LogP contribution >= 0.6 is 0 Å². The zero-order valence-corrected chi connectivity index (χ0v) is 19.5. The Morgan fingerprint density at radius 2 is 1.90 bits per heavy atom. The number of aryl methyl sites for hydroxylation is 1. The Hall–Kier alpha value is -2.63. The van der Waals surface area contributed by atoms with E-state index in [9.17, 15) is 9.59 Å². The highest BCUT2D eigenvalue weighted by atomic mass is 16.2. The third-order valence-electron chi connectivity index (χ3n) is 4.91. The van der Waals surface area contributed by atoms with E-state index in [0.717, 1.165) is 29.8 Å². The summed E-state index contributed by atoms with van der Waals surface area (Å²) in [7, 11) is 0. The first-order valence-electron chi connectivity index (χ1n) is 10.8. The van der Waals surface area contributed by atoms with Gasteiger partial charge < -0.3 is 10.2 Å². The van der Waals surface area contributed by atoms with Crippen LogP contribution in [0.1, 0.15) is 65.6 Å². The molecule has 0 saturated heterocycles. The number of hydrogen-bond acceptors (Lipinski definition) is 3. The fourth-order valence-corrected chi connectivity index (χ4v) is 3.13. The van der Waals surface area contributed by atoms with Gasteiger partial charge >= 0.3 is 0 Å². The van der Waals surface area contributed by atoms with Gasteiger partial charge in [0, 0.05) is 23.9 Å². The van der Waals surface area contributed by atoms with Crippen molar-refractivity contribution in [3.8, 4) is 5.69 Å². The van der Waals surface area contributed by atoms with Crippen molar-refractivity contribution in [2.24, 2.45) is 5.92 Å². The zero-order chi connectivity index (χ0) is 22.5. The van der Waals surface area contributed by atoms with Gasteiger partial charge in [-0.2, -0.15) is 5.10 Å². The molecule has 6 heteroatoms. The van der Waals surface area contributed by atoms with Crippen molar-refractivity contribution in [1.29, 1.82) is 0 Å². The predicted octanol–water partition coefficient (Wildman–Crippen LogP) is 4.70. The normalized spacial score (nSPS) is 11.6. The largest absolute Gasteiger partial charge is 0.333 e. The minimum Gasteiger partial charge on any atom is -0.333 e. The van der Waals surface area contributed by atoms with E-state index in [0.29, 0.717) is 12.4 Å². The van der Waals surface area contributed by atoms with Crippen LogP contribution in [-0.4, -0.2) is 39.6 Å². The monoisotopic (exact) mass is 412 g/mol. The Labute approximate surface area is 180 Å². The van der Waals surface area contributed by atoms with Gasteiger partial charge in [-0.15, -0.1) is 0 Å². The average molecular weight is 413 g/mol. The lowest BCUT2D eigenvalue weighted by Crippen LogP contribution is -2.40. The molecule has 1 heterocycles. The first kappa shape index (κ1) is 23.6. The fourth-order valence-electron chi connectivity index (χ4n) is 3.13. The van der Waals surface area contributed by atoms with Gasteiger partial charge in [-0.05, 0) is 31.0 Å². The molecule has 6 nitrogen and oxygen atoms in total. The summed E-state index contributed by atoms with van der Waals surface area (Å²) in [5.41, 5.74) is 2.74. The Morgan fingerprint density at radius 3 is 2.47 bits per heavy atom. The SMILES string of the molecule is CCCCN(CC(=O)Nc1cc(C(C)(C)C)nn1-c1cccc(C)c1)C(=O)C(C)C. The van der Waals surface area contributed by atoms with Crippen LogP contribution in [0.3, 0.4) is 0 Å². The van der Waals surface area contributed by atoms with Gasteiger partial charge in [-0.25, -0.2) is 4.68 Å². The standard InChI is InChI=1S/C24H36N4O2/c1-8-9-13-27(23(30)17(2)3)16-22(29)25-21-15-20(24(5,6)7)26-28(21)19-12-10-11-18(4)14-19/h10-12,14-15,17H,8-9,13,16H2,1-7H3,(H,25,29). The lowest BCUT2D eigenvalue weighted by molar-refractivity contribution is -0.137. The number of unbranched alkanes of at least 4 members (excludes halogenated alkanes) is 1. The molecule has 0 aliphatic rings. The summed E-state index contributed by atoms with van der Waals surface area (Å²) in [5, 5.41) is 7.75. The highest BCUT2D eigenvalue weighted by molar-refractivity contribution is 5.94. The third kappa shape index (κ3) is 6.18. The number of carbonyl (C=O) groups excluding carboxylic acids is 2. The van der Waals surface area contributed by atoms with E-state index in [1.54, 1.807) is 9.58 Å². The smallest absolute Gasteiger partial charge is 0.245 e. The van der Waals surface area contributed by atoms with E-state index in [2.05, 4.69) is 33.0 Å². The van der Waals surface area contributed by atoms with Crippen LogP contribution in [0.4, 0.5) is 5.82 Å². The quantitative estimate of drug-likeness (QED) is 0.683. The predicted molar refractivity (Wildman–Crippen MR) is 122 cm³/mol. The molecule has 0 saturated carbocycles. The van der Waals surface area contributed by atoms with Crippen LogP contribution in [0.15, 0.2) is 30.3 Å². The summed E-state index contributed by atoms with van der Waals surface area (Å²) >= 11 is 0. The summed E-state index contributed by atoms with van der Waals surface area (Å²) < 4.78 is 1.77. The van der Waals surface area contributed by atoms with Crippen LogP contribution < -0.4 is 5.32 Å². The molecule has 2 amide bonds. The second-order valence-electron chi connectivity index (χ2n) is 9.23. The molecule has 0 fully saturated rings. The van der Waals surface area contributed by atoms with Crippen molar-refractivity contribution in [1.82, 2.24) is 14.7 Å². The van der Waals surface area contributed by atoms with Crippen molar-refractivity contribution < 1.29 is 9.59 Å². The second kappa shape index (κ2) is 9.92. The van der Waals surface area contributed by atoms with Gasteiger partial charge in [-0.1, -0.05) is 60.1 Å². The van der Waals surface area contributed by atoms with E-state index in [-0.39, 0.29) is 29.7 Å². The van der Waals surface area contributed by atoms with Gasteiger partial charge in [0.05, 0.1) is 17.9 Å². The van der Waals surface area contributed by atoms with Crippen molar-refractivity contribution in [3.63, 3.8) is 0 Å². The van der Waals surface area contributed by atoms with Crippen molar-refractivity contribution >= 4 is 17.6 Å². The second-order valence-corrected chi connectivity index (χ2v) is 9.23. The molecule has 0 bridgehead atoms. The van der Waals surface area contributed by atoms with Crippen molar-refractivity contribution in [2.45, 2.75) is 66.7 Å². The topological polar surface area (TPSA) is 67.2 Å². The Balaban J connectivity index is 2.30. The maximum Gasteiger partial charge on any atom is 0.245 e. The number of nitrogens with one attached hydrogen (secondary N) is 1. The molecule has 0 unspecified atom stereocenters. The number of anilines is 1. The zero-order valence-electron chi connectivity index (χ0n) is 19.5. The molecule has 164 valence electrons. The Kier molecular flexibility index (Phi) is 7.82. The molecule has 30 heavy (non-hydrogen) atoms. The molecule has 0 atom stereocenters. The van der Waals surface area contributed by atoms with Gasteiger partial charge in [0.1, 0.15) is 5.82 Å². The summed E-state index contributed by atoms with van der Waals surface area (Å²) in [6.07, 6.45) is 1.85. The molecule has 0 aliphatic carbocycles. The Bertz CT molecular complexity index is 878. The Morgan fingerprint density at radius 1 is 1.20 bits per heavy atom. The highest BCUT2D eigenvalue weighted by Crippen LogP contribution is 2.26. The van der Waals surface area contributed by atoms with E-state index >= 15 is 0 Å². The van der Waals surface area contributed by atoms with Gasteiger partial charge in [0.15, 0.2) is 0 Å². The van der Waals surface area contributed by atoms with Crippen LogP contribution in [0, 0.1) is 12.8 Å². The fraction of sp³-hybridized carbons (Fsp3) is 0.542. The minimum atomic E-state index is -0.214. The van der Waals surface area contributed by atoms with Crippen LogP contribution in [0.25, 0.3) is 5.69 Å². The lowest BCUT2D eigenvalue weighted by Gasteiger charge is -2.24. The molecular formula is C24H36N4O2. The molecule has 0 spiro atoms. The molecular weight excluding hydrogens is 376 g/mol. The first-order valence-corrected chi connectivity index (χ1v) is 10.8. The average Bonchev–Trinajstić information content (AvgIpc) is 3.08. The summed E-state index contributed by atoms with van der Waals surface area (Å²) in [6, 6.07) is 9.92. The van der Waals surface area contributed by atoms with Crippen molar-refractivity contribution in [2.75, 3.05) is 18.4 Å².